The zero-order valence-electron chi connectivity index (χ0n) is 12.8. The van der Waals surface area contributed by atoms with E-state index in [1.165, 1.54) is 70.9 Å². The molecular weight excluding hydrogens is 206 g/mol. The second-order valence-corrected chi connectivity index (χ2v) is 5.90. The Labute approximate surface area is 110 Å². The Morgan fingerprint density at radius 1 is 0.765 bits per heavy atom. The number of rotatable bonds is 12. The Balaban J connectivity index is 3.77. The summed E-state index contributed by atoms with van der Waals surface area (Å²) in [6.45, 7) is 11.7. The van der Waals surface area contributed by atoms with Gasteiger partial charge in [0.15, 0.2) is 0 Å². The smallest absolute Gasteiger partial charge is 0.000516 e. The average molecular weight is 241 g/mol. The molecule has 0 aliphatic heterocycles. The maximum atomic E-state index is 3.61. The largest absolute Gasteiger partial charge is 0.316 e. The summed E-state index contributed by atoms with van der Waals surface area (Å²) in [6, 6.07) is 0. The van der Waals surface area contributed by atoms with Crippen LogP contribution in [-0.4, -0.2) is 13.1 Å². The fourth-order valence-corrected chi connectivity index (χ4v) is 2.63. The van der Waals surface area contributed by atoms with Gasteiger partial charge in [-0.15, -0.1) is 0 Å². The highest BCUT2D eigenvalue weighted by atomic mass is 14.9. The monoisotopic (exact) mass is 241 g/mol. The maximum Gasteiger partial charge on any atom is 0.000516 e. The predicted octanol–water partition coefficient (Wildman–Crippen LogP) is 5.15. The molecule has 0 aliphatic rings. The van der Waals surface area contributed by atoms with Gasteiger partial charge in [-0.1, -0.05) is 66.2 Å². The molecule has 0 heterocycles. The molecule has 1 atom stereocenters. The highest BCUT2D eigenvalue weighted by Gasteiger charge is 2.21. The molecule has 0 fully saturated rings. The van der Waals surface area contributed by atoms with Gasteiger partial charge in [0.1, 0.15) is 0 Å². The van der Waals surface area contributed by atoms with Crippen molar-refractivity contribution < 1.29 is 0 Å². The van der Waals surface area contributed by atoms with Gasteiger partial charge in [-0.25, -0.2) is 0 Å². The molecule has 1 unspecified atom stereocenters. The zero-order chi connectivity index (χ0) is 13.0. The van der Waals surface area contributed by atoms with Crippen LogP contribution in [-0.2, 0) is 0 Å². The number of nitrogens with one attached hydrogen (secondary N) is 1. The van der Waals surface area contributed by atoms with Crippen LogP contribution in [0.3, 0.4) is 0 Å². The molecule has 0 spiro atoms. The van der Waals surface area contributed by atoms with Crippen molar-refractivity contribution in [2.45, 2.75) is 85.5 Å². The first kappa shape index (κ1) is 17.0. The Morgan fingerprint density at radius 3 is 2.06 bits per heavy atom. The lowest BCUT2D eigenvalue weighted by Gasteiger charge is -2.30. The zero-order valence-corrected chi connectivity index (χ0v) is 12.8. The van der Waals surface area contributed by atoms with Crippen LogP contribution in [0.2, 0.25) is 0 Å². The van der Waals surface area contributed by atoms with E-state index in [1.54, 1.807) is 0 Å². The molecule has 0 aromatic rings. The molecule has 0 saturated heterocycles. The highest BCUT2D eigenvalue weighted by molar-refractivity contribution is 4.76. The molecule has 0 amide bonds. The normalized spacial score (nSPS) is 14.8. The second-order valence-electron chi connectivity index (χ2n) is 5.90. The van der Waals surface area contributed by atoms with Crippen molar-refractivity contribution in [1.29, 1.82) is 0 Å². The van der Waals surface area contributed by atoms with Crippen LogP contribution in [0.1, 0.15) is 85.5 Å². The molecule has 0 saturated carbocycles. The van der Waals surface area contributed by atoms with E-state index in [-0.39, 0.29) is 0 Å². The third-order valence-electron chi connectivity index (χ3n) is 3.72. The summed E-state index contributed by atoms with van der Waals surface area (Å²) in [5.74, 6) is 0. The highest BCUT2D eigenvalue weighted by Crippen LogP contribution is 2.29. The van der Waals surface area contributed by atoms with Gasteiger partial charge in [0, 0.05) is 6.54 Å². The van der Waals surface area contributed by atoms with Crippen molar-refractivity contribution in [2.24, 2.45) is 5.41 Å². The van der Waals surface area contributed by atoms with Gasteiger partial charge < -0.3 is 5.32 Å². The predicted molar refractivity (Wildman–Crippen MR) is 79.6 cm³/mol. The molecule has 0 aromatic carbocycles. The lowest BCUT2D eigenvalue weighted by molar-refractivity contribution is 0.246. The summed E-state index contributed by atoms with van der Waals surface area (Å²) in [5.41, 5.74) is 0.538. The quantitative estimate of drug-likeness (QED) is 0.466. The van der Waals surface area contributed by atoms with Gasteiger partial charge in [0.25, 0.3) is 0 Å². The molecule has 1 N–H and O–H groups in total. The average Bonchev–Trinajstić information content (AvgIpc) is 2.29. The lowest BCUT2D eigenvalue weighted by atomic mass is 9.80. The third kappa shape index (κ3) is 9.64. The van der Waals surface area contributed by atoms with E-state index in [1.807, 2.05) is 0 Å². The molecule has 0 bridgehead atoms. The third-order valence-corrected chi connectivity index (χ3v) is 3.72. The van der Waals surface area contributed by atoms with Gasteiger partial charge in [0.2, 0.25) is 0 Å². The Bertz CT molecular complexity index is 156. The first-order valence-corrected chi connectivity index (χ1v) is 7.89. The van der Waals surface area contributed by atoms with Crippen LogP contribution in [0.5, 0.6) is 0 Å². The minimum Gasteiger partial charge on any atom is -0.316 e. The fourth-order valence-electron chi connectivity index (χ4n) is 2.63. The molecule has 0 radical (unpaired) electrons. The lowest BCUT2D eigenvalue weighted by Crippen LogP contribution is -2.32. The molecule has 17 heavy (non-hydrogen) atoms. The maximum absolute atomic E-state index is 3.61. The summed E-state index contributed by atoms with van der Waals surface area (Å²) in [7, 11) is 0. The molecule has 1 nitrogen and oxygen atoms in total. The van der Waals surface area contributed by atoms with Crippen molar-refractivity contribution in [2.75, 3.05) is 13.1 Å². The standard InChI is InChI=1S/C16H35N/c1-5-8-9-10-11-13-16(4,12-6-2)15-17-14-7-3/h17H,5-15H2,1-4H3. The van der Waals surface area contributed by atoms with E-state index >= 15 is 0 Å². The summed E-state index contributed by atoms with van der Waals surface area (Å²) >= 11 is 0. The molecular formula is C16H35N. The van der Waals surface area contributed by atoms with E-state index in [0.717, 1.165) is 0 Å². The minimum atomic E-state index is 0.538. The first-order chi connectivity index (χ1) is 8.18. The summed E-state index contributed by atoms with van der Waals surface area (Å²) in [6.07, 6.45) is 12.4. The molecule has 0 aromatic heterocycles. The van der Waals surface area contributed by atoms with Gasteiger partial charge in [0.05, 0.1) is 0 Å². The summed E-state index contributed by atoms with van der Waals surface area (Å²) < 4.78 is 0. The molecule has 0 aliphatic carbocycles. The van der Waals surface area contributed by atoms with E-state index in [2.05, 4.69) is 33.0 Å². The number of unbranched alkanes of at least 4 members (excludes halogenated alkanes) is 4. The Hall–Kier alpha value is -0.0400. The van der Waals surface area contributed by atoms with Crippen LogP contribution in [0.25, 0.3) is 0 Å². The van der Waals surface area contributed by atoms with Gasteiger partial charge in [-0.3, -0.25) is 0 Å². The van der Waals surface area contributed by atoms with Crippen LogP contribution in [0.4, 0.5) is 0 Å². The SMILES string of the molecule is CCCCCCCC(C)(CCC)CNCCC. The first-order valence-electron chi connectivity index (χ1n) is 7.89. The molecule has 0 rings (SSSR count). The van der Waals surface area contributed by atoms with Gasteiger partial charge in [-0.2, -0.15) is 0 Å². The van der Waals surface area contributed by atoms with Crippen molar-refractivity contribution in [3.05, 3.63) is 0 Å². The minimum absolute atomic E-state index is 0.538. The fraction of sp³-hybridized carbons (Fsp3) is 1.00. The second kappa shape index (κ2) is 11.1. The topological polar surface area (TPSA) is 12.0 Å². The molecule has 1 heteroatoms. The van der Waals surface area contributed by atoms with E-state index in [4.69, 9.17) is 0 Å². The summed E-state index contributed by atoms with van der Waals surface area (Å²) in [4.78, 5) is 0. The van der Waals surface area contributed by atoms with Crippen molar-refractivity contribution in [3.8, 4) is 0 Å². The van der Waals surface area contributed by atoms with Crippen LogP contribution >= 0.6 is 0 Å². The van der Waals surface area contributed by atoms with E-state index in [9.17, 15) is 0 Å². The van der Waals surface area contributed by atoms with Crippen LogP contribution < -0.4 is 5.32 Å². The number of hydrogen-bond donors (Lipinski definition) is 1. The summed E-state index contributed by atoms with van der Waals surface area (Å²) in [5, 5.41) is 3.61. The Morgan fingerprint density at radius 2 is 1.47 bits per heavy atom. The van der Waals surface area contributed by atoms with E-state index in [0.29, 0.717) is 5.41 Å². The van der Waals surface area contributed by atoms with Gasteiger partial charge >= 0.3 is 0 Å². The van der Waals surface area contributed by atoms with Crippen molar-refractivity contribution >= 4 is 0 Å². The van der Waals surface area contributed by atoms with E-state index < -0.39 is 0 Å². The van der Waals surface area contributed by atoms with Crippen molar-refractivity contribution in [3.63, 3.8) is 0 Å². The van der Waals surface area contributed by atoms with Crippen LogP contribution in [0, 0.1) is 5.41 Å². The number of hydrogen-bond acceptors (Lipinski definition) is 1. The van der Waals surface area contributed by atoms with Gasteiger partial charge in [-0.05, 0) is 31.2 Å². The van der Waals surface area contributed by atoms with Crippen LogP contribution in [0.15, 0.2) is 0 Å². The molecule has 104 valence electrons. The van der Waals surface area contributed by atoms with Crippen molar-refractivity contribution in [1.82, 2.24) is 5.32 Å². The Kier molecular flexibility index (Phi) is 11.0.